The summed E-state index contributed by atoms with van der Waals surface area (Å²) < 4.78 is 25.7. The number of aryl methyl sites for hydroxylation is 2. The van der Waals surface area contributed by atoms with Gasteiger partial charge in [0, 0.05) is 10.6 Å². The van der Waals surface area contributed by atoms with E-state index in [2.05, 4.69) is 10.0 Å². The third-order valence-corrected chi connectivity index (χ3v) is 7.08. The lowest BCUT2D eigenvalue weighted by Gasteiger charge is -2.07. The van der Waals surface area contributed by atoms with Gasteiger partial charge in [-0.05, 0) is 68.6 Å². The van der Waals surface area contributed by atoms with Crippen molar-refractivity contribution in [1.82, 2.24) is 4.72 Å². The van der Waals surface area contributed by atoms with Crippen LogP contribution in [0.3, 0.4) is 0 Å². The van der Waals surface area contributed by atoms with Gasteiger partial charge >= 0.3 is 0 Å². The Labute approximate surface area is 152 Å². The highest BCUT2D eigenvalue weighted by atomic mass is 32.2. The predicted molar refractivity (Wildman–Crippen MR) is 101 cm³/mol. The summed E-state index contributed by atoms with van der Waals surface area (Å²) in [5.41, 5.74) is 1.89. The van der Waals surface area contributed by atoms with Crippen LogP contribution in [0.4, 0.5) is 5.69 Å². The van der Waals surface area contributed by atoms with Crippen molar-refractivity contribution in [3.63, 3.8) is 0 Å². The highest BCUT2D eigenvalue weighted by Gasteiger charge is 2.16. The van der Waals surface area contributed by atoms with Gasteiger partial charge in [0.1, 0.15) is 0 Å². The van der Waals surface area contributed by atoms with Gasteiger partial charge in [-0.15, -0.1) is 11.3 Å². The van der Waals surface area contributed by atoms with Crippen molar-refractivity contribution in [3.8, 4) is 0 Å². The smallest absolute Gasteiger partial charge is 0.265 e. The summed E-state index contributed by atoms with van der Waals surface area (Å²) >= 11 is 1.58. The summed E-state index contributed by atoms with van der Waals surface area (Å²) in [7, 11) is -2.10. The van der Waals surface area contributed by atoms with Gasteiger partial charge in [0.25, 0.3) is 5.91 Å². The maximum Gasteiger partial charge on any atom is 0.265 e. The molecule has 3 rings (SSSR count). The van der Waals surface area contributed by atoms with Crippen molar-refractivity contribution in [3.05, 3.63) is 45.6 Å². The molecule has 0 fully saturated rings. The number of anilines is 1. The molecular weight excluding hydrogens is 356 g/mol. The Balaban J connectivity index is 1.73. The first-order chi connectivity index (χ1) is 12.0. The van der Waals surface area contributed by atoms with Gasteiger partial charge in [0.05, 0.1) is 9.77 Å². The molecule has 0 spiro atoms. The number of hydrogen-bond acceptors (Lipinski definition) is 4. The molecular formula is C18H22N2O3S2. The molecule has 1 aromatic carbocycles. The van der Waals surface area contributed by atoms with Crippen LogP contribution < -0.4 is 10.0 Å². The quantitative estimate of drug-likeness (QED) is 0.854. The van der Waals surface area contributed by atoms with Crippen molar-refractivity contribution in [2.75, 3.05) is 12.4 Å². The van der Waals surface area contributed by atoms with Crippen molar-refractivity contribution >= 4 is 33.0 Å². The number of nitrogens with one attached hydrogen (secondary N) is 2. The number of hydrogen-bond donors (Lipinski definition) is 2. The standard InChI is InChI=1S/C18H22N2O3S2/c1-19-25(22,23)15-10-8-14(9-11-15)20-18(21)17-12-13-6-4-2-3-5-7-16(13)24-17/h8-12,19H,2-7H2,1H3,(H,20,21). The molecule has 2 N–H and O–H groups in total. The molecule has 1 aliphatic rings. The molecule has 1 aromatic heterocycles. The van der Waals surface area contributed by atoms with Crippen LogP contribution in [0.2, 0.25) is 0 Å². The van der Waals surface area contributed by atoms with Crippen molar-refractivity contribution < 1.29 is 13.2 Å². The van der Waals surface area contributed by atoms with E-state index in [0.717, 1.165) is 17.7 Å². The number of benzene rings is 1. The number of fused-ring (bicyclic) bond motifs is 1. The summed E-state index contributed by atoms with van der Waals surface area (Å²) in [5.74, 6) is -0.138. The average Bonchev–Trinajstić information content (AvgIpc) is 2.97. The molecule has 0 radical (unpaired) electrons. The van der Waals surface area contributed by atoms with Gasteiger partial charge in [-0.3, -0.25) is 4.79 Å². The second-order valence-electron chi connectivity index (χ2n) is 6.16. The zero-order valence-corrected chi connectivity index (χ0v) is 15.8. The Morgan fingerprint density at radius 2 is 1.72 bits per heavy atom. The first kappa shape index (κ1) is 18.1. The molecule has 0 atom stereocenters. The lowest BCUT2D eigenvalue weighted by atomic mass is 10.00. The van der Waals surface area contributed by atoms with E-state index in [-0.39, 0.29) is 10.8 Å². The fraction of sp³-hybridized carbons (Fsp3) is 0.389. The number of rotatable bonds is 4. The molecule has 0 saturated carbocycles. The molecule has 0 bridgehead atoms. The Bertz CT molecular complexity index is 829. The lowest BCUT2D eigenvalue weighted by molar-refractivity contribution is 0.103. The Kier molecular flexibility index (Phi) is 5.56. The highest BCUT2D eigenvalue weighted by molar-refractivity contribution is 7.89. The maximum atomic E-state index is 12.5. The largest absolute Gasteiger partial charge is 0.321 e. The van der Waals surface area contributed by atoms with Crippen LogP contribution in [0.5, 0.6) is 0 Å². The van der Waals surface area contributed by atoms with Gasteiger partial charge < -0.3 is 5.32 Å². The Hall–Kier alpha value is -1.70. The molecule has 1 aliphatic carbocycles. The topological polar surface area (TPSA) is 75.3 Å². The van der Waals surface area contributed by atoms with E-state index in [1.807, 2.05) is 6.07 Å². The van der Waals surface area contributed by atoms with Crippen molar-refractivity contribution in [1.29, 1.82) is 0 Å². The number of carbonyl (C=O) groups is 1. The van der Waals surface area contributed by atoms with Crippen LogP contribution in [0.1, 0.15) is 45.8 Å². The molecule has 0 unspecified atom stereocenters. The van der Waals surface area contributed by atoms with Crippen LogP contribution >= 0.6 is 11.3 Å². The van der Waals surface area contributed by atoms with Crippen LogP contribution in [0, 0.1) is 0 Å². The summed E-state index contributed by atoms with van der Waals surface area (Å²) in [6, 6.07) is 8.18. The van der Waals surface area contributed by atoms with Gasteiger partial charge in [-0.2, -0.15) is 0 Å². The number of amides is 1. The summed E-state index contributed by atoms with van der Waals surface area (Å²) in [5, 5.41) is 2.85. The lowest BCUT2D eigenvalue weighted by Crippen LogP contribution is -2.18. The first-order valence-corrected chi connectivity index (χ1v) is 10.8. The highest BCUT2D eigenvalue weighted by Crippen LogP contribution is 2.29. The monoisotopic (exact) mass is 378 g/mol. The van der Waals surface area contributed by atoms with E-state index in [4.69, 9.17) is 0 Å². The molecule has 2 aromatic rings. The van der Waals surface area contributed by atoms with Crippen LogP contribution in [0.15, 0.2) is 35.2 Å². The minimum Gasteiger partial charge on any atom is -0.321 e. The molecule has 0 saturated heterocycles. The summed E-state index contributed by atoms with van der Waals surface area (Å²) in [4.78, 5) is 14.7. The van der Waals surface area contributed by atoms with Crippen molar-refractivity contribution in [2.45, 2.75) is 43.4 Å². The minimum atomic E-state index is -3.47. The zero-order chi connectivity index (χ0) is 17.9. The second kappa shape index (κ2) is 7.68. The molecule has 134 valence electrons. The maximum absolute atomic E-state index is 12.5. The fourth-order valence-electron chi connectivity index (χ4n) is 2.98. The minimum absolute atomic E-state index is 0.138. The normalized spacial score (nSPS) is 15.1. The van der Waals surface area contributed by atoms with E-state index in [1.165, 1.54) is 55.3 Å². The van der Waals surface area contributed by atoms with Gasteiger partial charge in [-0.25, -0.2) is 13.1 Å². The Morgan fingerprint density at radius 1 is 1.04 bits per heavy atom. The van der Waals surface area contributed by atoms with E-state index in [1.54, 1.807) is 23.5 Å². The SMILES string of the molecule is CNS(=O)(=O)c1ccc(NC(=O)c2cc3c(s2)CCCCCC3)cc1. The molecule has 0 aliphatic heterocycles. The van der Waals surface area contributed by atoms with E-state index >= 15 is 0 Å². The first-order valence-electron chi connectivity index (χ1n) is 8.46. The van der Waals surface area contributed by atoms with E-state index in [9.17, 15) is 13.2 Å². The molecule has 7 heteroatoms. The molecule has 25 heavy (non-hydrogen) atoms. The van der Waals surface area contributed by atoms with Crippen molar-refractivity contribution in [2.24, 2.45) is 0 Å². The van der Waals surface area contributed by atoms with Gasteiger partial charge in [0.2, 0.25) is 10.0 Å². The van der Waals surface area contributed by atoms with Crippen LogP contribution in [0.25, 0.3) is 0 Å². The number of thiophene rings is 1. The summed E-state index contributed by atoms with van der Waals surface area (Å²) in [6.45, 7) is 0. The average molecular weight is 379 g/mol. The molecule has 1 heterocycles. The van der Waals surface area contributed by atoms with Crippen LogP contribution in [-0.2, 0) is 22.9 Å². The Morgan fingerprint density at radius 3 is 2.40 bits per heavy atom. The van der Waals surface area contributed by atoms with E-state index in [0.29, 0.717) is 5.69 Å². The van der Waals surface area contributed by atoms with Gasteiger partial charge in [-0.1, -0.05) is 12.8 Å². The zero-order valence-electron chi connectivity index (χ0n) is 14.2. The van der Waals surface area contributed by atoms with Crippen LogP contribution in [-0.4, -0.2) is 21.4 Å². The third-order valence-electron chi connectivity index (χ3n) is 4.41. The van der Waals surface area contributed by atoms with E-state index < -0.39 is 10.0 Å². The summed E-state index contributed by atoms with van der Waals surface area (Å²) in [6.07, 6.45) is 7.02. The number of sulfonamides is 1. The fourth-order valence-corrected chi connectivity index (χ4v) is 4.86. The molecule has 5 nitrogen and oxygen atoms in total. The predicted octanol–water partition coefficient (Wildman–Crippen LogP) is 3.57. The van der Waals surface area contributed by atoms with Gasteiger partial charge in [0.15, 0.2) is 0 Å². The molecule has 1 amide bonds. The second-order valence-corrected chi connectivity index (χ2v) is 9.18. The third kappa shape index (κ3) is 4.29. The number of carbonyl (C=O) groups excluding carboxylic acids is 1.